The van der Waals surface area contributed by atoms with Crippen LogP contribution in [-0.4, -0.2) is 27.0 Å². The zero-order valence-electron chi connectivity index (χ0n) is 11.1. The largest absolute Gasteiger partial charge is 0.433 e. The first-order valence-corrected chi connectivity index (χ1v) is 7.53. The molecule has 1 saturated carbocycles. The lowest BCUT2D eigenvalue weighted by Crippen LogP contribution is -2.19. The third kappa shape index (κ3) is 3.91. The Bertz CT molecular complexity index is 467. The van der Waals surface area contributed by atoms with E-state index >= 15 is 0 Å². The number of rotatable bonds is 4. The van der Waals surface area contributed by atoms with E-state index in [1.807, 2.05) is 11.8 Å². The van der Waals surface area contributed by atoms with Gasteiger partial charge >= 0.3 is 6.18 Å². The van der Waals surface area contributed by atoms with Gasteiger partial charge in [-0.3, -0.25) is 0 Å². The van der Waals surface area contributed by atoms with Crippen LogP contribution in [0.2, 0.25) is 0 Å². The zero-order chi connectivity index (χ0) is 14.8. The number of halogens is 3. The van der Waals surface area contributed by atoms with Gasteiger partial charge in [-0.15, -0.1) is 0 Å². The maximum absolute atomic E-state index is 12.6. The highest BCUT2D eigenvalue weighted by Gasteiger charge is 2.34. The average molecular weight is 306 g/mol. The van der Waals surface area contributed by atoms with Gasteiger partial charge in [-0.05, 0) is 25.0 Å². The third-order valence-electron chi connectivity index (χ3n) is 3.17. The average Bonchev–Trinajstić information content (AvgIpc) is 2.75. The Morgan fingerprint density at radius 1 is 1.40 bits per heavy atom. The van der Waals surface area contributed by atoms with Crippen molar-refractivity contribution in [3.63, 3.8) is 0 Å². The molecule has 2 unspecified atom stereocenters. The van der Waals surface area contributed by atoms with Crippen LogP contribution in [0.4, 0.5) is 24.9 Å². The first-order valence-electron chi connectivity index (χ1n) is 6.48. The predicted octanol–water partition coefficient (Wildman–Crippen LogP) is 3.16. The molecule has 8 heteroatoms. The summed E-state index contributed by atoms with van der Waals surface area (Å²) in [6.07, 6.45) is -1.57. The number of thioether (sulfide) groups is 1. The molecule has 0 radical (unpaired) electrons. The van der Waals surface area contributed by atoms with Gasteiger partial charge in [-0.2, -0.15) is 29.9 Å². The fraction of sp³-hybridized carbons (Fsp3) is 0.667. The summed E-state index contributed by atoms with van der Waals surface area (Å²) in [4.78, 5) is 7.05. The van der Waals surface area contributed by atoms with Gasteiger partial charge in [-0.1, -0.05) is 6.92 Å². The highest BCUT2D eigenvalue weighted by atomic mass is 32.2. The molecule has 3 N–H and O–H groups in total. The van der Waals surface area contributed by atoms with Crippen LogP contribution in [0.1, 0.15) is 31.9 Å². The summed E-state index contributed by atoms with van der Waals surface area (Å²) < 4.78 is 37.9. The van der Waals surface area contributed by atoms with Crippen LogP contribution in [0, 0.1) is 0 Å². The van der Waals surface area contributed by atoms with E-state index in [1.165, 1.54) is 0 Å². The molecule has 20 heavy (non-hydrogen) atoms. The second-order valence-corrected chi connectivity index (χ2v) is 6.30. The summed E-state index contributed by atoms with van der Waals surface area (Å²) in [6.45, 7) is 2.10. The summed E-state index contributed by atoms with van der Waals surface area (Å²) in [7, 11) is 0. The standard InChI is InChI=1S/C12H17F3N4S/c1-2-20-8-4-3-7(5-8)17-10-6-9(12(13,14)15)18-11(16)19-10/h6-8H,2-5H2,1H3,(H3,16,17,18,19). The van der Waals surface area contributed by atoms with Crippen molar-refractivity contribution in [1.82, 2.24) is 9.97 Å². The van der Waals surface area contributed by atoms with E-state index in [0.29, 0.717) is 5.25 Å². The minimum absolute atomic E-state index is 0.148. The van der Waals surface area contributed by atoms with Crippen molar-refractivity contribution in [2.24, 2.45) is 0 Å². The quantitative estimate of drug-likeness (QED) is 0.894. The molecule has 1 aromatic heterocycles. The summed E-state index contributed by atoms with van der Waals surface area (Å²) in [5.41, 5.74) is 4.33. The Kier molecular flexibility index (Phi) is 4.62. The van der Waals surface area contributed by atoms with Gasteiger partial charge in [0.15, 0.2) is 5.69 Å². The van der Waals surface area contributed by atoms with E-state index in [9.17, 15) is 13.2 Å². The van der Waals surface area contributed by atoms with E-state index in [-0.39, 0.29) is 17.8 Å². The van der Waals surface area contributed by atoms with Crippen molar-refractivity contribution in [2.75, 3.05) is 16.8 Å². The van der Waals surface area contributed by atoms with Gasteiger partial charge < -0.3 is 11.1 Å². The molecule has 1 fully saturated rings. The Morgan fingerprint density at radius 2 is 2.15 bits per heavy atom. The molecule has 0 aromatic carbocycles. The van der Waals surface area contributed by atoms with Crippen LogP contribution in [-0.2, 0) is 6.18 Å². The molecule has 0 amide bonds. The number of nitrogens with one attached hydrogen (secondary N) is 1. The van der Waals surface area contributed by atoms with Crippen LogP contribution in [0.15, 0.2) is 6.07 Å². The van der Waals surface area contributed by atoms with Gasteiger partial charge in [-0.25, -0.2) is 4.98 Å². The molecule has 112 valence electrons. The molecule has 1 aromatic rings. The van der Waals surface area contributed by atoms with Crippen molar-refractivity contribution in [2.45, 2.75) is 43.7 Å². The molecule has 2 atom stereocenters. The molecule has 2 rings (SSSR count). The Balaban J connectivity index is 2.05. The molecule has 1 aliphatic rings. The molecule has 4 nitrogen and oxygen atoms in total. The SMILES string of the molecule is CCSC1CCC(Nc2cc(C(F)(F)F)nc(N)n2)C1. The van der Waals surface area contributed by atoms with E-state index in [1.54, 1.807) is 0 Å². The monoisotopic (exact) mass is 306 g/mol. The van der Waals surface area contributed by atoms with Crippen LogP contribution in [0.5, 0.6) is 0 Å². The van der Waals surface area contributed by atoms with Gasteiger partial charge in [0.1, 0.15) is 5.82 Å². The maximum Gasteiger partial charge on any atom is 0.433 e. The first-order chi connectivity index (χ1) is 9.38. The van der Waals surface area contributed by atoms with Gasteiger partial charge in [0.25, 0.3) is 0 Å². The molecule has 1 heterocycles. The Hall–Kier alpha value is -1.18. The molecule has 0 spiro atoms. The number of anilines is 2. The highest BCUT2D eigenvalue weighted by molar-refractivity contribution is 7.99. The lowest BCUT2D eigenvalue weighted by Gasteiger charge is -2.15. The van der Waals surface area contributed by atoms with Crippen LogP contribution in [0.3, 0.4) is 0 Å². The van der Waals surface area contributed by atoms with E-state index in [0.717, 1.165) is 31.1 Å². The summed E-state index contributed by atoms with van der Waals surface area (Å²) in [5, 5.41) is 3.61. The number of nitrogens with zero attached hydrogens (tertiary/aromatic N) is 2. The van der Waals surface area contributed by atoms with E-state index < -0.39 is 11.9 Å². The maximum atomic E-state index is 12.6. The lowest BCUT2D eigenvalue weighted by atomic mass is 10.2. The highest BCUT2D eigenvalue weighted by Crippen LogP contribution is 2.33. The predicted molar refractivity (Wildman–Crippen MR) is 74.6 cm³/mol. The topological polar surface area (TPSA) is 63.8 Å². The number of nitrogen functional groups attached to an aromatic ring is 1. The van der Waals surface area contributed by atoms with Crippen LogP contribution in [0.25, 0.3) is 0 Å². The van der Waals surface area contributed by atoms with Crippen molar-refractivity contribution < 1.29 is 13.2 Å². The van der Waals surface area contributed by atoms with Crippen LogP contribution < -0.4 is 11.1 Å². The number of aromatic nitrogens is 2. The second-order valence-electron chi connectivity index (χ2n) is 4.73. The molecular weight excluding hydrogens is 289 g/mol. The lowest BCUT2D eigenvalue weighted by molar-refractivity contribution is -0.141. The van der Waals surface area contributed by atoms with Gasteiger partial charge in [0.2, 0.25) is 5.95 Å². The fourth-order valence-electron chi connectivity index (χ4n) is 2.35. The third-order valence-corrected chi connectivity index (χ3v) is 4.41. The molecule has 0 bridgehead atoms. The number of hydrogen-bond donors (Lipinski definition) is 2. The van der Waals surface area contributed by atoms with Crippen molar-refractivity contribution in [3.8, 4) is 0 Å². The molecular formula is C12H17F3N4S. The normalized spacial score (nSPS) is 23.0. The molecule has 1 aliphatic carbocycles. The number of hydrogen-bond acceptors (Lipinski definition) is 5. The van der Waals surface area contributed by atoms with Crippen molar-refractivity contribution in [1.29, 1.82) is 0 Å². The van der Waals surface area contributed by atoms with Gasteiger partial charge in [0, 0.05) is 17.4 Å². The minimum Gasteiger partial charge on any atom is -0.368 e. The number of nitrogens with two attached hydrogens (primary N) is 1. The first kappa shape index (κ1) is 15.2. The summed E-state index contributed by atoms with van der Waals surface area (Å²) in [5.74, 6) is 0.840. The van der Waals surface area contributed by atoms with E-state index in [4.69, 9.17) is 5.73 Å². The van der Waals surface area contributed by atoms with E-state index in [2.05, 4.69) is 22.2 Å². The van der Waals surface area contributed by atoms with Crippen molar-refractivity contribution in [3.05, 3.63) is 11.8 Å². The molecule has 0 saturated heterocycles. The smallest absolute Gasteiger partial charge is 0.368 e. The van der Waals surface area contributed by atoms with Gasteiger partial charge in [0.05, 0.1) is 0 Å². The minimum atomic E-state index is -4.51. The van der Waals surface area contributed by atoms with Crippen LogP contribution >= 0.6 is 11.8 Å². The second kappa shape index (κ2) is 6.07. The van der Waals surface area contributed by atoms with Crippen molar-refractivity contribution >= 4 is 23.5 Å². The Labute approximate surface area is 119 Å². The molecule has 0 aliphatic heterocycles. The fourth-order valence-corrected chi connectivity index (χ4v) is 3.50. The number of alkyl halides is 3. The Morgan fingerprint density at radius 3 is 2.80 bits per heavy atom. The zero-order valence-corrected chi connectivity index (χ0v) is 11.9. The summed E-state index contributed by atoms with van der Waals surface area (Å²) >= 11 is 1.89. The summed E-state index contributed by atoms with van der Waals surface area (Å²) in [6, 6.07) is 1.06.